The van der Waals surface area contributed by atoms with Crippen LogP contribution in [0.1, 0.15) is 5.82 Å². The maximum Gasteiger partial charge on any atom is 0.234 e. The lowest BCUT2D eigenvalue weighted by Crippen LogP contribution is -2.15. The Kier molecular flexibility index (Phi) is 8.22. The Morgan fingerprint density at radius 3 is 2.68 bits per heavy atom. The molecule has 1 amide bonds. The van der Waals surface area contributed by atoms with Gasteiger partial charge in [0.2, 0.25) is 5.91 Å². The highest BCUT2D eigenvalue weighted by Gasteiger charge is 2.15. The molecule has 0 bridgehead atoms. The molecule has 7 nitrogen and oxygen atoms in total. The zero-order valence-electron chi connectivity index (χ0n) is 16.7. The maximum absolute atomic E-state index is 12.3. The van der Waals surface area contributed by atoms with Crippen LogP contribution in [0.15, 0.2) is 60.3 Å². The number of hydrogen-bond acceptors (Lipinski definition) is 6. The number of halogens is 2. The van der Waals surface area contributed by atoms with Crippen molar-refractivity contribution in [3.05, 3.63) is 71.0 Å². The van der Waals surface area contributed by atoms with Crippen molar-refractivity contribution in [3.8, 4) is 11.5 Å². The van der Waals surface area contributed by atoms with Gasteiger partial charge in [0.25, 0.3) is 0 Å². The summed E-state index contributed by atoms with van der Waals surface area (Å²) in [5.74, 6) is 1.82. The molecule has 0 saturated carbocycles. The molecule has 162 valence electrons. The molecule has 0 spiro atoms. The first-order valence-electron chi connectivity index (χ1n) is 9.17. The molecule has 3 rings (SSSR count). The SMILES string of the molecule is C=CCn1c(COc2ccc(Cl)cc2Cl)nnc1SCC(=O)Nc1ccc(OC)cc1. The molecule has 0 radical (unpaired) electrons. The van der Waals surface area contributed by atoms with E-state index >= 15 is 0 Å². The molecule has 1 heterocycles. The Bertz CT molecular complexity index is 1060. The number of nitrogens with one attached hydrogen (secondary N) is 1. The Labute approximate surface area is 194 Å². The highest BCUT2D eigenvalue weighted by Crippen LogP contribution is 2.28. The number of methoxy groups -OCH3 is 1. The normalized spacial score (nSPS) is 10.5. The average molecular weight is 479 g/mol. The van der Waals surface area contributed by atoms with E-state index < -0.39 is 0 Å². The molecule has 31 heavy (non-hydrogen) atoms. The molecule has 2 aromatic carbocycles. The van der Waals surface area contributed by atoms with Crippen molar-refractivity contribution in [3.63, 3.8) is 0 Å². The number of allylic oxidation sites excluding steroid dienone is 1. The van der Waals surface area contributed by atoms with Crippen molar-refractivity contribution in [1.82, 2.24) is 14.8 Å². The fourth-order valence-corrected chi connectivity index (χ4v) is 3.81. The summed E-state index contributed by atoms with van der Waals surface area (Å²) in [6.45, 7) is 4.40. The van der Waals surface area contributed by atoms with Gasteiger partial charge in [-0.3, -0.25) is 9.36 Å². The van der Waals surface area contributed by atoms with Crippen LogP contribution in [-0.2, 0) is 17.9 Å². The number of ether oxygens (including phenoxy) is 2. The second kappa shape index (κ2) is 11.1. The number of rotatable bonds is 10. The van der Waals surface area contributed by atoms with Crippen LogP contribution < -0.4 is 14.8 Å². The van der Waals surface area contributed by atoms with Crippen LogP contribution in [0.5, 0.6) is 11.5 Å². The number of aromatic nitrogens is 3. The fourth-order valence-electron chi connectivity index (χ4n) is 2.58. The smallest absolute Gasteiger partial charge is 0.234 e. The predicted molar refractivity (Wildman–Crippen MR) is 123 cm³/mol. The highest BCUT2D eigenvalue weighted by molar-refractivity contribution is 7.99. The van der Waals surface area contributed by atoms with Crippen molar-refractivity contribution < 1.29 is 14.3 Å². The number of hydrogen-bond donors (Lipinski definition) is 1. The van der Waals surface area contributed by atoms with E-state index in [4.69, 9.17) is 32.7 Å². The van der Waals surface area contributed by atoms with Gasteiger partial charge in [0.05, 0.1) is 17.9 Å². The van der Waals surface area contributed by atoms with Gasteiger partial charge in [-0.2, -0.15) is 0 Å². The van der Waals surface area contributed by atoms with E-state index in [0.717, 1.165) is 5.75 Å². The number of anilines is 1. The molecule has 0 fully saturated rings. The van der Waals surface area contributed by atoms with Crippen molar-refractivity contribution in [2.24, 2.45) is 0 Å². The topological polar surface area (TPSA) is 78.3 Å². The summed E-state index contributed by atoms with van der Waals surface area (Å²) in [4.78, 5) is 12.3. The molecule has 0 aliphatic carbocycles. The van der Waals surface area contributed by atoms with Crippen LogP contribution in [0, 0.1) is 0 Å². The summed E-state index contributed by atoms with van der Waals surface area (Å²) in [5, 5.41) is 12.7. The predicted octanol–water partition coefficient (Wildman–Crippen LogP) is 5.09. The Morgan fingerprint density at radius 2 is 2.00 bits per heavy atom. The summed E-state index contributed by atoms with van der Waals surface area (Å²) >= 11 is 13.3. The number of nitrogens with zero attached hydrogens (tertiary/aromatic N) is 3. The molecule has 0 aliphatic rings. The van der Waals surface area contributed by atoms with E-state index in [9.17, 15) is 4.79 Å². The molecule has 0 unspecified atom stereocenters. The Morgan fingerprint density at radius 1 is 1.23 bits per heavy atom. The van der Waals surface area contributed by atoms with Gasteiger partial charge < -0.3 is 14.8 Å². The number of benzene rings is 2. The van der Waals surface area contributed by atoms with Gasteiger partial charge in [-0.15, -0.1) is 16.8 Å². The summed E-state index contributed by atoms with van der Waals surface area (Å²) in [5.41, 5.74) is 0.688. The molecular formula is C21H20Cl2N4O3S. The first kappa shape index (κ1) is 23.0. The van der Waals surface area contributed by atoms with Crippen molar-refractivity contribution in [1.29, 1.82) is 0 Å². The summed E-state index contributed by atoms with van der Waals surface area (Å²) in [6.07, 6.45) is 1.73. The van der Waals surface area contributed by atoms with Gasteiger partial charge in [0.1, 0.15) is 18.1 Å². The van der Waals surface area contributed by atoms with Crippen molar-refractivity contribution >= 4 is 46.6 Å². The Balaban J connectivity index is 1.61. The van der Waals surface area contributed by atoms with Gasteiger partial charge in [0, 0.05) is 17.3 Å². The molecule has 3 aromatic rings. The summed E-state index contributed by atoms with van der Waals surface area (Å²) < 4.78 is 12.7. The molecule has 1 aromatic heterocycles. The molecular weight excluding hydrogens is 459 g/mol. The van der Waals surface area contributed by atoms with E-state index in [-0.39, 0.29) is 18.3 Å². The van der Waals surface area contributed by atoms with Crippen LogP contribution in [0.4, 0.5) is 5.69 Å². The lowest BCUT2D eigenvalue weighted by molar-refractivity contribution is -0.113. The minimum Gasteiger partial charge on any atom is -0.497 e. The van der Waals surface area contributed by atoms with E-state index in [1.165, 1.54) is 11.8 Å². The third-order valence-electron chi connectivity index (χ3n) is 4.06. The first-order valence-corrected chi connectivity index (χ1v) is 10.9. The number of amides is 1. The van der Waals surface area contributed by atoms with Gasteiger partial charge in [-0.1, -0.05) is 41.0 Å². The second-order valence-electron chi connectivity index (χ2n) is 6.23. The van der Waals surface area contributed by atoms with Crippen molar-refractivity contribution in [2.45, 2.75) is 18.3 Å². The first-order chi connectivity index (χ1) is 15.0. The number of carbonyl (C=O) groups is 1. The monoisotopic (exact) mass is 478 g/mol. The Hall–Kier alpha value is -2.68. The van der Waals surface area contributed by atoms with Crippen LogP contribution in [0.3, 0.4) is 0 Å². The lowest BCUT2D eigenvalue weighted by Gasteiger charge is -2.10. The zero-order chi connectivity index (χ0) is 22.2. The zero-order valence-corrected chi connectivity index (χ0v) is 19.0. The lowest BCUT2D eigenvalue weighted by atomic mass is 10.3. The minimum atomic E-state index is -0.158. The molecule has 0 aliphatic heterocycles. The largest absolute Gasteiger partial charge is 0.497 e. The summed E-state index contributed by atoms with van der Waals surface area (Å²) in [6, 6.07) is 12.1. The standard InChI is InChI=1S/C21H20Cl2N4O3S/c1-3-10-27-19(12-30-18-9-4-14(22)11-17(18)23)25-26-21(27)31-13-20(28)24-15-5-7-16(29-2)8-6-15/h3-9,11H,1,10,12-13H2,2H3,(H,24,28). The fraction of sp³-hybridized carbons (Fsp3) is 0.190. The maximum atomic E-state index is 12.3. The summed E-state index contributed by atoms with van der Waals surface area (Å²) in [7, 11) is 1.59. The third kappa shape index (κ3) is 6.40. The van der Waals surface area contributed by atoms with Gasteiger partial charge in [0.15, 0.2) is 11.0 Å². The molecule has 0 atom stereocenters. The minimum absolute atomic E-state index is 0.154. The quantitative estimate of drug-likeness (QED) is 0.323. The van der Waals surface area contributed by atoms with Gasteiger partial charge in [-0.25, -0.2) is 0 Å². The number of carbonyl (C=O) groups excluding carboxylic acids is 1. The van der Waals surface area contributed by atoms with Crippen LogP contribution in [0.25, 0.3) is 0 Å². The molecule has 1 N–H and O–H groups in total. The van der Waals surface area contributed by atoms with E-state index in [2.05, 4.69) is 22.1 Å². The van der Waals surface area contributed by atoms with Gasteiger partial charge in [-0.05, 0) is 42.5 Å². The van der Waals surface area contributed by atoms with Crippen LogP contribution >= 0.6 is 35.0 Å². The van der Waals surface area contributed by atoms with Gasteiger partial charge >= 0.3 is 0 Å². The molecule has 10 heteroatoms. The third-order valence-corrected chi connectivity index (χ3v) is 5.56. The van der Waals surface area contributed by atoms with Crippen molar-refractivity contribution in [2.75, 3.05) is 18.2 Å². The van der Waals surface area contributed by atoms with E-state index in [1.54, 1.807) is 55.7 Å². The highest BCUT2D eigenvalue weighted by atomic mass is 35.5. The van der Waals surface area contributed by atoms with Crippen LogP contribution in [-0.4, -0.2) is 33.5 Å². The second-order valence-corrected chi connectivity index (χ2v) is 8.01. The van der Waals surface area contributed by atoms with E-state index in [0.29, 0.717) is 39.0 Å². The van der Waals surface area contributed by atoms with Crippen LogP contribution in [0.2, 0.25) is 10.0 Å². The molecule has 0 saturated heterocycles. The van der Waals surface area contributed by atoms with E-state index in [1.807, 2.05) is 4.57 Å². The average Bonchev–Trinajstić information content (AvgIpc) is 3.14. The number of thioether (sulfide) groups is 1.